The van der Waals surface area contributed by atoms with Gasteiger partial charge in [0.05, 0.1) is 5.56 Å². The third-order valence-corrected chi connectivity index (χ3v) is 5.98. The number of aryl methyl sites for hydroxylation is 1. The van der Waals surface area contributed by atoms with E-state index in [1.165, 1.54) is 24.7 Å². The molecule has 0 spiro atoms. The molecule has 0 saturated carbocycles. The van der Waals surface area contributed by atoms with Gasteiger partial charge in [-0.15, -0.1) is 11.8 Å². The Bertz CT molecular complexity index is 1430. The van der Waals surface area contributed by atoms with Crippen LogP contribution < -0.4 is 11.2 Å². The summed E-state index contributed by atoms with van der Waals surface area (Å²) in [4.78, 5) is 34.3. The number of fused-ring (bicyclic) bond motifs is 1. The predicted molar refractivity (Wildman–Crippen MR) is 116 cm³/mol. The Morgan fingerprint density at radius 3 is 2.34 bits per heavy atom. The minimum atomic E-state index is -4.45. The Morgan fingerprint density at radius 1 is 0.938 bits per heavy atom. The van der Waals surface area contributed by atoms with Crippen LogP contribution in [-0.4, -0.2) is 19.1 Å². The summed E-state index contributed by atoms with van der Waals surface area (Å²) in [5.41, 5.74) is -0.559. The molecule has 0 amide bonds. The number of thioether (sulfide) groups is 1. The molecule has 0 N–H and O–H groups in total. The smallest absolute Gasteiger partial charge is 0.280 e. The Labute approximate surface area is 184 Å². The summed E-state index contributed by atoms with van der Waals surface area (Å²) >= 11 is 1.12. The normalized spacial score (nSPS) is 11.8. The first-order valence-electron chi connectivity index (χ1n) is 9.49. The molecule has 10 heteroatoms. The molecule has 4 rings (SSSR count). The summed E-state index contributed by atoms with van der Waals surface area (Å²) in [7, 11) is 2.86. The fraction of sp³-hybridized carbons (Fsp3) is 0.182. The molecule has 0 unspecified atom stereocenters. The zero-order valence-electron chi connectivity index (χ0n) is 17.1. The summed E-state index contributed by atoms with van der Waals surface area (Å²) in [5.74, 6) is 0.462. The number of benzene rings is 2. The first kappa shape index (κ1) is 21.8. The van der Waals surface area contributed by atoms with E-state index in [4.69, 9.17) is 0 Å². The van der Waals surface area contributed by atoms with Crippen molar-refractivity contribution >= 4 is 22.8 Å². The highest BCUT2D eigenvalue weighted by atomic mass is 32.2. The van der Waals surface area contributed by atoms with E-state index in [0.717, 1.165) is 28.5 Å². The highest BCUT2D eigenvalue weighted by Gasteiger charge is 2.30. The van der Waals surface area contributed by atoms with E-state index in [1.54, 1.807) is 30.3 Å². The molecule has 0 aliphatic rings. The van der Waals surface area contributed by atoms with Crippen LogP contribution in [0.2, 0.25) is 0 Å². The monoisotopic (exact) mass is 458 g/mol. The second kappa shape index (κ2) is 8.27. The highest BCUT2D eigenvalue weighted by molar-refractivity contribution is 7.98. The van der Waals surface area contributed by atoms with E-state index in [0.29, 0.717) is 22.0 Å². The number of halogens is 3. The molecule has 0 radical (unpaired) electrons. The molecule has 2 aromatic carbocycles. The van der Waals surface area contributed by atoms with Crippen molar-refractivity contribution in [3.8, 4) is 11.4 Å². The number of hydrogen-bond acceptors (Lipinski definition) is 5. The number of aromatic nitrogens is 4. The number of alkyl halides is 3. The first-order chi connectivity index (χ1) is 15.2. The van der Waals surface area contributed by atoms with Crippen LogP contribution in [-0.2, 0) is 26.0 Å². The van der Waals surface area contributed by atoms with Gasteiger partial charge in [-0.2, -0.15) is 13.2 Å². The van der Waals surface area contributed by atoms with Crippen molar-refractivity contribution in [2.24, 2.45) is 14.1 Å². The SMILES string of the molecule is Cn1c(=O)c2c(SCc3cccc(C(F)(F)F)c3)nc(-c3ccccc3)nc2n(C)c1=O. The second-order valence-corrected chi connectivity index (χ2v) is 8.07. The van der Waals surface area contributed by atoms with Crippen LogP contribution in [0.15, 0.2) is 69.2 Å². The molecule has 4 aromatic rings. The molecule has 0 saturated heterocycles. The van der Waals surface area contributed by atoms with Gasteiger partial charge < -0.3 is 0 Å². The average Bonchev–Trinajstić information content (AvgIpc) is 2.79. The lowest BCUT2D eigenvalue weighted by atomic mass is 10.1. The third kappa shape index (κ3) is 4.05. The van der Waals surface area contributed by atoms with Crippen molar-refractivity contribution < 1.29 is 13.2 Å². The summed E-state index contributed by atoms with van der Waals surface area (Å²) in [6, 6.07) is 14.0. The summed E-state index contributed by atoms with van der Waals surface area (Å²) in [6.45, 7) is 0. The molecule has 0 bridgehead atoms. The Kier molecular flexibility index (Phi) is 5.64. The van der Waals surface area contributed by atoms with Crippen molar-refractivity contribution in [2.45, 2.75) is 17.0 Å². The maximum atomic E-state index is 13.1. The molecule has 0 aliphatic carbocycles. The van der Waals surface area contributed by atoms with Crippen LogP contribution >= 0.6 is 11.8 Å². The highest BCUT2D eigenvalue weighted by Crippen LogP contribution is 2.32. The lowest BCUT2D eigenvalue weighted by molar-refractivity contribution is -0.137. The van der Waals surface area contributed by atoms with Crippen LogP contribution in [0.4, 0.5) is 13.2 Å². The fourth-order valence-corrected chi connectivity index (χ4v) is 4.20. The van der Waals surface area contributed by atoms with Crippen molar-refractivity contribution in [3.63, 3.8) is 0 Å². The van der Waals surface area contributed by atoms with E-state index >= 15 is 0 Å². The summed E-state index contributed by atoms with van der Waals surface area (Å²) in [6.07, 6.45) is -4.45. The van der Waals surface area contributed by atoms with E-state index in [9.17, 15) is 22.8 Å². The van der Waals surface area contributed by atoms with Crippen molar-refractivity contribution in [1.82, 2.24) is 19.1 Å². The van der Waals surface area contributed by atoms with Gasteiger partial charge in [-0.05, 0) is 11.6 Å². The quantitative estimate of drug-likeness (QED) is 0.342. The van der Waals surface area contributed by atoms with Gasteiger partial charge >= 0.3 is 11.9 Å². The average molecular weight is 458 g/mol. The van der Waals surface area contributed by atoms with Gasteiger partial charge in [0.15, 0.2) is 11.5 Å². The zero-order chi connectivity index (χ0) is 23.0. The van der Waals surface area contributed by atoms with Crippen molar-refractivity contribution in [1.29, 1.82) is 0 Å². The second-order valence-electron chi connectivity index (χ2n) is 7.11. The minimum Gasteiger partial charge on any atom is -0.280 e. The van der Waals surface area contributed by atoms with E-state index < -0.39 is 23.0 Å². The molecule has 2 heterocycles. The molecular weight excluding hydrogens is 441 g/mol. The zero-order valence-corrected chi connectivity index (χ0v) is 17.9. The third-order valence-electron chi connectivity index (χ3n) is 4.93. The standard InChI is InChI=1S/C22H17F3N4O2S/c1-28-18-16(20(30)29(2)21(28)31)19(27-17(26-18)14-8-4-3-5-9-14)32-12-13-7-6-10-15(11-13)22(23,24)25/h3-11H,12H2,1-2H3. The Balaban J connectivity index is 1.86. The lowest BCUT2D eigenvalue weighted by Crippen LogP contribution is -2.37. The van der Waals surface area contributed by atoms with Crippen molar-refractivity contribution in [3.05, 3.63) is 86.6 Å². The van der Waals surface area contributed by atoms with E-state index in [2.05, 4.69) is 9.97 Å². The van der Waals surface area contributed by atoms with Crippen LogP contribution in [0.25, 0.3) is 22.4 Å². The summed E-state index contributed by atoms with van der Waals surface area (Å²) < 4.78 is 41.4. The maximum Gasteiger partial charge on any atom is 0.416 e. The minimum absolute atomic E-state index is 0.145. The van der Waals surface area contributed by atoms with Gasteiger partial charge in [-0.1, -0.05) is 48.5 Å². The Hall–Kier alpha value is -3.40. The van der Waals surface area contributed by atoms with Crippen LogP contribution in [0.1, 0.15) is 11.1 Å². The van der Waals surface area contributed by atoms with Gasteiger partial charge in [-0.3, -0.25) is 13.9 Å². The molecule has 0 atom stereocenters. The van der Waals surface area contributed by atoms with Crippen LogP contribution in [0, 0.1) is 0 Å². The van der Waals surface area contributed by atoms with Gasteiger partial charge in [0, 0.05) is 25.4 Å². The van der Waals surface area contributed by atoms with Crippen LogP contribution in [0.5, 0.6) is 0 Å². The van der Waals surface area contributed by atoms with Gasteiger partial charge in [0.1, 0.15) is 10.4 Å². The van der Waals surface area contributed by atoms with Gasteiger partial charge in [0.2, 0.25) is 0 Å². The number of hydrogen-bond donors (Lipinski definition) is 0. The maximum absolute atomic E-state index is 13.1. The van der Waals surface area contributed by atoms with Gasteiger partial charge in [0.25, 0.3) is 5.56 Å². The lowest BCUT2D eigenvalue weighted by Gasteiger charge is -2.12. The molecule has 0 aliphatic heterocycles. The first-order valence-corrected chi connectivity index (χ1v) is 10.5. The molecule has 6 nitrogen and oxygen atoms in total. The van der Waals surface area contributed by atoms with Gasteiger partial charge in [-0.25, -0.2) is 14.8 Å². The molecular formula is C22H17F3N4O2S. The summed E-state index contributed by atoms with van der Waals surface area (Å²) in [5, 5.41) is 0.439. The van der Waals surface area contributed by atoms with Crippen molar-refractivity contribution in [2.75, 3.05) is 0 Å². The Morgan fingerprint density at radius 2 is 1.66 bits per heavy atom. The molecule has 2 aromatic heterocycles. The van der Waals surface area contributed by atoms with Crippen LogP contribution in [0.3, 0.4) is 0 Å². The number of rotatable bonds is 4. The van der Waals surface area contributed by atoms with E-state index in [1.807, 2.05) is 6.07 Å². The molecule has 0 fully saturated rings. The number of nitrogens with zero attached hydrogens (tertiary/aromatic N) is 4. The molecule has 32 heavy (non-hydrogen) atoms. The molecule has 164 valence electrons. The topological polar surface area (TPSA) is 69.8 Å². The van der Waals surface area contributed by atoms with E-state index in [-0.39, 0.29) is 16.8 Å². The largest absolute Gasteiger partial charge is 0.416 e. The fourth-order valence-electron chi connectivity index (χ4n) is 3.24. The predicted octanol–water partition coefficient (Wildman–Crippen LogP) is 4.01.